The van der Waals surface area contributed by atoms with Gasteiger partial charge in [0.05, 0.1) is 6.61 Å². The first-order valence-electron chi connectivity index (χ1n) is 4.81. The normalized spacial score (nSPS) is 12.4. The first kappa shape index (κ1) is 13.4. The van der Waals surface area contributed by atoms with E-state index >= 15 is 0 Å². The predicted molar refractivity (Wildman–Crippen MR) is 58.4 cm³/mol. The van der Waals surface area contributed by atoms with Gasteiger partial charge in [-0.1, -0.05) is 20.8 Å². The van der Waals surface area contributed by atoms with Gasteiger partial charge in [-0.3, -0.25) is 0 Å². The second-order valence-electron chi connectivity index (χ2n) is 4.68. The molecule has 0 bridgehead atoms. The van der Waals surface area contributed by atoms with Crippen LogP contribution in [0.2, 0.25) is 18.1 Å². The van der Waals surface area contributed by atoms with Gasteiger partial charge in [-0.2, -0.15) is 0 Å². The fourth-order valence-corrected chi connectivity index (χ4v) is 1.13. The Morgan fingerprint density at radius 1 is 1.36 bits per heavy atom. The second kappa shape index (κ2) is 4.79. The number of hydroxylamine groups is 1. The third kappa shape index (κ3) is 4.10. The van der Waals surface area contributed by atoms with E-state index in [0.29, 0.717) is 6.61 Å². The van der Waals surface area contributed by atoms with Crippen LogP contribution in [0.4, 0.5) is 4.79 Å². The van der Waals surface area contributed by atoms with E-state index in [4.69, 9.17) is 9.26 Å². The molecule has 14 heavy (non-hydrogen) atoms. The van der Waals surface area contributed by atoms with E-state index in [1.807, 2.05) is 0 Å². The van der Waals surface area contributed by atoms with Crippen LogP contribution in [0, 0.1) is 0 Å². The molecule has 0 unspecified atom stereocenters. The summed E-state index contributed by atoms with van der Waals surface area (Å²) in [6.07, 6.45) is -0.516. The Morgan fingerprint density at radius 2 is 1.86 bits per heavy atom. The van der Waals surface area contributed by atoms with Crippen molar-refractivity contribution in [3.63, 3.8) is 0 Å². The van der Waals surface area contributed by atoms with Crippen molar-refractivity contribution < 1.29 is 14.1 Å². The minimum atomic E-state index is -1.91. The Hall–Kier alpha value is -0.553. The maximum atomic E-state index is 11.0. The summed E-state index contributed by atoms with van der Waals surface area (Å²) in [6, 6.07) is 0. The molecule has 0 atom stereocenters. The number of hydrogen-bond acceptors (Lipinski definition) is 3. The zero-order valence-corrected chi connectivity index (χ0v) is 10.9. The Morgan fingerprint density at radius 3 is 2.21 bits per heavy atom. The molecule has 1 amide bonds. The molecule has 0 spiro atoms. The SMILES string of the molecule is CCOC(=O)NO[Si](C)(C)C(C)(C)C. The maximum Gasteiger partial charge on any atom is 0.430 e. The molecule has 0 aromatic rings. The third-order valence-corrected chi connectivity index (χ3v) is 6.70. The molecular formula is C9H21NO3Si. The molecule has 0 aromatic carbocycles. The van der Waals surface area contributed by atoms with E-state index < -0.39 is 14.4 Å². The highest BCUT2D eigenvalue weighted by atomic mass is 28.4. The molecule has 5 heteroatoms. The number of carbonyl (C=O) groups excluding carboxylic acids is 1. The van der Waals surface area contributed by atoms with E-state index in [1.54, 1.807) is 6.92 Å². The Kier molecular flexibility index (Phi) is 4.60. The second-order valence-corrected chi connectivity index (χ2v) is 9.41. The molecule has 4 nitrogen and oxygen atoms in total. The molecule has 1 N–H and O–H groups in total. The smallest absolute Gasteiger partial charge is 0.430 e. The molecule has 0 saturated heterocycles. The van der Waals surface area contributed by atoms with Crippen LogP contribution in [0.1, 0.15) is 27.7 Å². The van der Waals surface area contributed by atoms with E-state index in [0.717, 1.165) is 0 Å². The zero-order chi connectivity index (χ0) is 11.4. The van der Waals surface area contributed by atoms with Crippen molar-refractivity contribution in [1.82, 2.24) is 5.48 Å². The van der Waals surface area contributed by atoms with Gasteiger partial charge in [-0.05, 0) is 25.1 Å². The molecule has 0 heterocycles. The van der Waals surface area contributed by atoms with Crippen LogP contribution in [0.5, 0.6) is 0 Å². The Labute approximate surface area is 87.1 Å². The fourth-order valence-electron chi connectivity index (χ4n) is 0.483. The average molecular weight is 219 g/mol. The van der Waals surface area contributed by atoms with Crippen molar-refractivity contribution in [3.05, 3.63) is 0 Å². The molecule has 0 aliphatic carbocycles. The quantitative estimate of drug-likeness (QED) is 0.586. The monoisotopic (exact) mass is 219 g/mol. The number of amides is 1. The van der Waals surface area contributed by atoms with Crippen LogP contribution in [0.25, 0.3) is 0 Å². The Balaban J connectivity index is 4.06. The van der Waals surface area contributed by atoms with Crippen LogP contribution in [-0.2, 0) is 9.26 Å². The molecule has 0 fully saturated rings. The van der Waals surface area contributed by atoms with Crippen molar-refractivity contribution in [2.45, 2.75) is 45.8 Å². The highest BCUT2D eigenvalue weighted by Gasteiger charge is 2.38. The lowest BCUT2D eigenvalue weighted by molar-refractivity contribution is 0.0974. The van der Waals surface area contributed by atoms with E-state index in [1.165, 1.54) is 0 Å². The van der Waals surface area contributed by atoms with Gasteiger partial charge in [0.2, 0.25) is 8.32 Å². The summed E-state index contributed by atoms with van der Waals surface area (Å²) >= 11 is 0. The summed E-state index contributed by atoms with van der Waals surface area (Å²) in [6.45, 7) is 12.5. The van der Waals surface area contributed by atoms with Gasteiger partial charge >= 0.3 is 6.09 Å². The minimum absolute atomic E-state index is 0.0759. The highest BCUT2D eigenvalue weighted by molar-refractivity contribution is 6.74. The lowest BCUT2D eigenvalue weighted by Crippen LogP contribution is -2.46. The van der Waals surface area contributed by atoms with Crippen LogP contribution >= 0.6 is 0 Å². The summed E-state index contributed by atoms with van der Waals surface area (Å²) in [7, 11) is -1.91. The van der Waals surface area contributed by atoms with Crippen LogP contribution in [0.3, 0.4) is 0 Å². The van der Waals surface area contributed by atoms with Crippen LogP contribution in [0.15, 0.2) is 0 Å². The summed E-state index contributed by atoms with van der Waals surface area (Å²) in [5, 5.41) is 0.0759. The van der Waals surface area contributed by atoms with E-state index in [2.05, 4.69) is 39.3 Å². The van der Waals surface area contributed by atoms with Crippen molar-refractivity contribution in [2.24, 2.45) is 0 Å². The molecule has 0 aliphatic heterocycles. The lowest BCUT2D eigenvalue weighted by Gasteiger charge is -2.34. The first-order valence-corrected chi connectivity index (χ1v) is 7.72. The highest BCUT2D eigenvalue weighted by Crippen LogP contribution is 2.35. The van der Waals surface area contributed by atoms with E-state index in [-0.39, 0.29) is 5.04 Å². The summed E-state index contributed by atoms with van der Waals surface area (Å²) in [5.41, 5.74) is 2.33. The van der Waals surface area contributed by atoms with Crippen molar-refractivity contribution in [1.29, 1.82) is 0 Å². The molecular weight excluding hydrogens is 198 g/mol. The Bertz CT molecular complexity index is 199. The standard InChI is InChI=1S/C9H21NO3Si/c1-7-12-8(11)10-13-14(5,6)9(2,3)4/h7H2,1-6H3,(H,10,11). The molecule has 0 rings (SSSR count). The molecule has 0 aromatic heterocycles. The molecule has 0 saturated carbocycles. The maximum absolute atomic E-state index is 11.0. The first-order chi connectivity index (χ1) is 6.20. The summed E-state index contributed by atoms with van der Waals surface area (Å²) in [5.74, 6) is 0. The minimum Gasteiger partial charge on any atom is -0.448 e. The van der Waals surface area contributed by atoms with Crippen molar-refractivity contribution in [3.8, 4) is 0 Å². The number of rotatable bonds is 3. The largest absolute Gasteiger partial charge is 0.448 e. The lowest BCUT2D eigenvalue weighted by atomic mass is 10.2. The van der Waals surface area contributed by atoms with Gasteiger partial charge in [0.25, 0.3) is 0 Å². The van der Waals surface area contributed by atoms with Gasteiger partial charge in [0.15, 0.2) is 0 Å². The van der Waals surface area contributed by atoms with Crippen molar-refractivity contribution in [2.75, 3.05) is 6.61 Å². The van der Waals surface area contributed by atoms with Crippen LogP contribution < -0.4 is 5.48 Å². The topological polar surface area (TPSA) is 47.6 Å². The number of nitrogens with one attached hydrogen (secondary N) is 1. The van der Waals surface area contributed by atoms with Gasteiger partial charge < -0.3 is 9.26 Å². The van der Waals surface area contributed by atoms with Crippen LogP contribution in [-0.4, -0.2) is 21.0 Å². The summed E-state index contributed by atoms with van der Waals surface area (Å²) in [4.78, 5) is 11.0. The molecule has 0 aliphatic rings. The molecule has 84 valence electrons. The number of ether oxygens (including phenoxy) is 1. The average Bonchev–Trinajstić information content (AvgIpc) is 1.99. The zero-order valence-electron chi connectivity index (χ0n) is 9.93. The third-order valence-electron chi connectivity index (χ3n) is 2.47. The number of carbonyl (C=O) groups is 1. The van der Waals surface area contributed by atoms with Gasteiger partial charge in [0, 0.05) is 0 Å². The summed E-state index contributed by atoms with van der Waals surface area (Å²) < 4.78 is 10.1. The number of hydrogen-bond donors (Lipinski definition) is 1. The fraction of sp³-hybridized carbons (Fsp3) is 0.889. The van der Waals surface area contributed by atoms with E-state index in [9.17, 15) is 4.79 Å². The van der Waals surface area contributed by atoms with Crippen molar-refractivity contribution >= 4 is 14.4 Å². The van der Waals surface area contributed by atoms with Gasteiger partial charge in [-0.15, -0.1) is 0 Å². The van der Waals surface area contributed by atoms with Gasteiger partial charge in [0.1, 0.15) is 0 Å². The van der Waals surface area contributed by atoms with Gasteiger partial charge in [-0.25, -0.2) is 10.3 Å². The molecule has 0 radical (unpaired) electrons. The predicted octanol–water partition coefficient (Wildman–Crippen LogP) is 2.67.